The number of allylic oxidation sites excluding steroid dienone is 5. The van der Waals surface area contributed by atoms with Crippen molar-refractivity contribution < 1.29 is 0 Å². The average Bonchev–Trinajstić information content (AvgIpc) is 2.97. The summed E-state index contributed by atoms with van der Waals surface area (Å²) in [5, 5.41) is 1.75. The van der Waals surface area contributed by atoms with E-state index in [9.17, 15) is 0 Å². The van der Waals surface area contributed by atoms with E-state index in [2.05, 4.69) is 229 Å². The van der Waals surface area contributed by atoms with Crippen LogP contribution in [0.15, 0.2) is 90.5 Å². The minimum atomic E-state index is -2.05. The fraction of sp³-hybridized carbons (Fsp3) is 0.609. The van der Waals surface area contributed by atoms with Crippen LogP contribution >= 0.6 is 0 Å². The Morgan fingerprint density at radius 2 is 0.706 bits per heavy atom. The van der Waals surface area contributed by atoms with Gasteiger partial charge in [0.25, 0.3) is 0 Å². The molecule has 0 unspecified atom stereocenters. The first-order valence-corrected chi connectivity index (χ1v) is 34.3. The molecule has 0 aliphatic heterocycles. The van der Waals surface area contributed by atoms with Gasteiger partial charge in [0.1, 0.15) is 0 Å². The molecule has 0 radical (unpaired) electrons. The smallest absolute Gasteiger partial charge is 0.0675 e. The molecule has 2 aromatic rings. The van der Waals surface area contributed by atoms with Crippen LogP contribution in [-0.4, -0.2) is 37.1 Å². The van der Waals surface area contributed by atoms with Crippen LogP contribution in [-0.2, 0) is 0 Å². The Hall–Kier alpha value is -1.26. The van der Waals surface area contributed by atoms with Crippen molar-refractivity contribution in [3.05, 3.63) is 102 Å². The molecule has 0 bridgehead atoms. The molecule has 0 fully saturated rings. The summed E-state index contributed by atoms with van der Waals surface area (Å²) in [5.41, 5.74) is 5.83. The second kappa shape index (κ2) is 14.4. The van der Waals surface area contributed by atoms with Gasteiger partial charge in [0.05, 0.1) is 22.8 Å². The highest BCUT2D eigenvalue weighted by atomic mass is 29.8. The van der Waals surface area contributed by atoms with Gasteiger partial charge >= 0.3 is 0 Å². The molecule has 1 aliphatic rings. The molecule has 3 rings (SSSR count). The summed E-state index contributed by atoms with van der Waals surface area (Å²) >= 11 is 0. The van der Waals surface area contributed by atoms with Crippen molar-refractivity contribution in [3.8, 4) is 0 Å². The molecule has 0 spiro atoms. The summed E-state index contributed by atoms with van der Waals surface area (Å²) in [4.78, 5) is 0. The van der Waals surface area contributed by atoms with Crippen LogP contribution in [0, 0.1) is 0 Å². The highest BCUT2D eigenvalue weighted by Gasteiger charge is 2.66. The van der Waals surface area contributed by atoms with Crippen LogP contribution in [0.2, 0.25) is 55.4 Å². The first kappa shape index (κ1) is 44.1. The second-order valence-corrected chi connectivity index (χ2v) is 63.2. The van der Waals surface area contributed by atoms with Crippen LogP contribution in [0.25, 0.3) is 5.57 Å². The zero-order chi connectivity index (χ0) is 39.4. The lowest BCUT2D eigenvalue weighted by molar-refractivity contribution is 0.626. The van der Waals surface area contributed by atoms with E-state index in [0.29, 0.717) is 25.7 Å². The van der Waals surface area contributed by atoms with Crippen LogP contribution in [0.5, 0.6) is 0 Å². The van der Waals surface area contributed by atoms with E-state index in [1.165, 1.54) is 22.3 Å². The Morgan fingerprint density at radius 3 is 0.961 bits per heavy atom. The highest BCUT2D eigenvalue weighted by Crippen LogP contribution is 2.62. The molecule has 5 heteroatoms. The summed E-state index contributed by atoms with van der Waals surface area (Å²) in [6, 6.07) is 22.2. The van der Waals surface area contributed by atoms with Crippen molar-refractivity contribution in [1.29, 1.82) is 0 Å². The molecule has 282 valence electrons. The van der Waals surface area contributed by atoms with Gasteiger partial charge < -0.3 is 0 Å². The molecule has 0 atom stereocenters. The van der Waals surface area contributed by atoms with Gasteiger partial charge in [0, 0.05) is 0 Å². The van der Waals surface area contributed by atoms with Gasteiger partial charge in [0.15, 0.2) is 0 Å². The largest absolute Gasteiger partial charge is 0.0772 e. The fourth-order valence-corrected chi connectivity index (χ4v) is 138. The maximum absolute atomic E-state index is 2.96. The zero-order valence-corrected chi connectivity index (χ0v) is 42.2. The Bertz CT molecular complexity index is 1510. The molecular formula is C46H78Si5. The van der Waals surface area contributed by atoms with Crippen molar-refractivity contribution in [1.82, 2.24) is 0 Å². The van der Waals surface area contributed by atoms with Crippen molar-refractivity contribution >= 4 is 42.7 Å². The Balaban J connectivity index is 2.75. The lowest BCUT2D eigenvalue weighted by Gasteiger charge is -2.65. The molecule has 0 saturated heterocycles. The SMILES string of the molecule is CC(C)(C)[Si](C)([Si](C1C=CC(=C(c2ccccc2)c2ccccc2)C=C1)=[Si]([Si](C)(C(C)(C)C)C(C)(C)C)[Si](C)(C(C)(C)C)C(C)(C)C)C(C)(C)C. The van der Waals surface area contributed by atoms with Gasteiger partial charge in [-0.1, -0.05) is 229 Å². The van der Waals surface area contributed by atoms with Crippen molar-refractivity contribution in [3.63, 3.8) is 0 Å². The van der Waals surface area contributed by atoms with E-state index in [1.807, 2.05) is 0 Å². The van der Waals surface area contributed by atoms with E-state index in [-0.39, 0.29) is 10.1 Å². The molecule has 0 N–H and O–H groups in total. The summed E-state index contributed by atoms with van der Waals surface area (Å²) in [5.74, 6) is 0. The molecule has 0 amide bonds. The fourth-order valence-electron chi connectivity index (χ4n) is 10.1. The van der Waals surface area contributed by atoms with E-state index < -0.39 is 37.1 Å². The van der Waals surface area contributed by atoms with E-state index in [0.717, 1.165) is 0 Å². The topological polar surface area (TPSA) is 0 Å². The Labute approximate surface area is 322 Å². The number of hydrogen-bond acceptors (Lipinski definition) is 0. The first-order chi connectivity index (χ1) is 22.8. The lowest BCUT2D eigenvalue weighted by atomic mass is 9.91. The predicted octanol–water partition coefficient (Wildman–Crippen LogP) is 15.3. The lowest BCUT2D eigenvalue weighted by Crippen LogP contribution is -2.78. The van der Waals surface area contributed by atoms with E-state index >= 15 is 0 Å². The van der Waals surface area contributed by atoms with Crippen LogP contribution in [0.3, 0.4) is 0 Å². The van der Waals surface area contributed by atoms with Crippen molar-refractivity contribution in [2.75, 3.05) is 0 Å². The second-order valence-electron chi connectivity index (χ2n) is 22.5. The Morgan fingerprint density at radius 1 is 0.431 bits per heavy atom. The minimum absolute atomic E-state index is 0.280. The molecule has 1 aliphatic carbocycles. The number of benzene rings is 2. The van der Waals surface area contributed by atoms with Gasteiger partial charge in [-0.3, -0.25) is 0 Å². The van der Waals surface area contributed by atoms with Crippen LogP contribution < -0.4 is 0 Å². The molecule has 0 heterocycles. The normalized spacial score (nSPS) is 17.1. The first-order valence-electron chi connectivity index (χ1n) is 19.8. The maximum atomic E-state index is 2.96. The summed E-state index contributed by atoms with van der Waals surface area (Å²) in [6.07, 6.45) is 10.7. The molecular weight excluding hydrogens is 693 g/mol. The summed E-state index contributed by atoms with van der Waals surface area (Å²) in [7, 11) is -7.10. The molecule has 0 nitrogen and oxygen atoms in total. The third-order valence-electron chi connectivity index (χ3n) is 14.5. The monoisotopic (exact) mass is 770 g/mol. The third-order valence-corrected chi connectivity index (χ3v) is 97.6. The van der Waals surface area contributed by atoms with E-state index in [1.54, 1.807) is 0 Å². The van der Waals surface area contributed by atoms with Crippen molar-refractivity contribution in [2.24, 2.45) is 0 Å². The summed E-state index contributed by atoms with van der Waals surface area (Å²) < 4.78 is 0. The molecule has 0 aromatic heterocycles. The average molecular weight is 772 g/mol. The third kappa shape index (κ3) is 7.81. The maximum Gasteiger partial charge on any atom is 0.0675 e. The van der Waals surface area contributed by atoms with Crippen LogP contribution in [0.4, 0.5) is 0 Å². The quantitative estimate of drug-likeness (QED) is 0.257. The van der Waals surface area contributed by atoms with Crippen molar-refractivity contribution in [2.45, 2.75) is 180 Å². The Kier molecular flexibility index (Phi) is 12.5. The number of hydrogen-bond donors (Lipinski definition) is 0. The molecule has 51 heavy (non-hydrogen) atoms. The molecule has 2 aromatic carbocycles. The standard InChI is InChI=1S/C46H78Si5/c1-41(2,3)49(19,42(4,5)6)47(48(50(20,43(7,8)9)44(10,11)12)51(21,45(13,14)15)46(16,17)18)39-34-32-38(33-35-39)40(36-28-24-22-25-29-36)37-30-26-23-27-31-37/h22-35,39H,1-21H3. The number of rotatable bonds is 6. The highest BCUT2D eigenvalue weighted by molar-refractivity contribution is 7.75. The van der Waals surface area contributed by atoms with Gasteiger partial charge in [-0.05, 0) is 72.4 Å². The van der Waals surface area contributed by atoms with Gasteiger partial charge in [-0.15, -0.1) is 0 Å². The molecule has 0 saturated carbocycles. The summed E-state index contributed by atoms with van der Waals surface area (Å²) in [6.45, 7) is 56.1. The van der Waals surface area contributed by atoms with E-state index in [4.69, 9.17) is 0 Å². The van der Waals surface area contributed by atoms with Gasteiger partial charge in [-0.25, -0.2) is 0 Å². The van der Waals surface area contributed by atoms with Gasteiger partial charge in [-0.2, -0.15) is 0 Å². The zero-order valence-electron chi connectivity index (χ0n) is 37.2. The minimum Gasteiger partial charge on any atom is -0.0772 e. The van der Waals surface area contributed by atoms with Gasteiger partial charge in [0.2, 0.25) is 0 Å². The predicted molar refractivity (Wildman–Crippen MR) is 246 cm³/mol. The van der Waals surface area contributed by atoms with Crippen LogP contribution in [0.1, 0.15) is 136 Å².